The van der Waals surface area contributed by atoms with Gasteiger partial charge in [0.2, 0.25) is 0 Å². The summed E-state index contributed by atoms with van der Waals surface area (Å²) < 4.78 is 0. The summed E-state index contributed by atoms with van der Waals surface area (Å²) in [7, 11) is 0. The van der Waals surface area contributed by atoms with E-state index in [0.29, 0.717) is 16.1 Å². The first-order valence-corrected chi connectivity index (χ1v) is 6.50. The van der Waals surface area contributed by atoms with Crippen LogP contribution >= 0.6 is 23.2 Å². The standard InChI is InChI=1S/C13H16Cl2N.K/c1-9-2-3-13(4-9)16-8-10-5-11(14)7-12(15)6-10;/h5-7,9,13H,2-4,8H2,1H3;/q-1;+1. The molecule has 0 heterocycles. The number of hydrogen-bond acceptors (Lipinski definition) is 0. The van der Waals surface area contributed by atoms with E-state index in [1.54, 1.807) is 6.07 Å². The first-order chi connectivity index (χ1) is 7.63. The van der Waals surface area contributed by atoms with E-state index in [4.69, 9.17) is 28.5 Å². The van der Waals surface area contributed by atoms with Crippen molar-refractivity contribution in [1.29, 1.82) is 0 Å². The van der Waals surface area contributed by atoms with Crippen molar-refractivity contribution < 1.29 is 51.4 Å². The van der Waals surface area contributed by atoms with Crippen LogP contribution in [0.4, 0.5) is 0 Å². The normalized spacial score (nSPS) is 23.5. The Balaban J connectivity index is 0.00000144. The first kappa shape index (κ1) is 16.5. The molecule has 2 unspecified atom stereocenters. The number of benzene rings is 1. The van der Waals surface area contributed by atoms with Crippen molar-refractivity contribution >= 4 is 23.2 Å². The minimum Gasteiger partial charge on any atom is -0.656 e. The minimum atomic E-state index is 0. The van der Waals surface area contributed by atoms with Gasteiger partial charge in [-0.15, -0.1) is 12.6 Å². The van der Waals surface area contributed by atoms with Crippen molar-refractivity contribution in [2.45, 2.75) is 38.8 Å². The third-order valence-corrected chi connectivity index (χ3v) is 3.56. The van der Waals surface area contributed by atoms with Gasteiger partial charge in [0.1, 0.15) is 0 Å². The van der Waals surface area contributed by atoms with E-state index in [0.717, 1.165) is 18.0 Å². The molecule has 17 heavy (non-hydrogen) atoms. The van der Waals surface area contributed by atoms with Gasteiger partial charge in [-0.05, 0) is 24.1 Å². The van der Waals surface area contributed by atoms with Crippen molar-refractivity contribution in [2.24, 2.45) is 5.92 Å². The van der Waals surface area contributed by atoms with Crippen molar-refractivity contribution in [3.63, 3.8) is 0 Å². The summed E-state index contributed by atoms with van der Waals surface area (Å²) in [5, 5.41) is 6.09. The van der Waals surface area contributed by atoms with Crippen LogP contribution in [0.15, 0.2) is 18.2 Å². The van der Waals surface area contributed by atoms with E-state index < -0.39 is 0 Å². The van der Waals surface area contributed by atoms with Crippen LogP contribution in [-0.4, -0.2) is 6.04 Å². The molecule has 4 heteroatoms. The molecule has 0 spiro atoms. The molecule has 0 N–H and O–H groups in total. The molecular weight excluding hydrogens is 280 g/mol. The second-order valence-corrected chi connectivity index (χ2v) is 5.56. The second-order valence-electron chi connectivity index (χ2n) is 4.69. The molecule has 1 nitrogen and oxygen atoms in total. The van der Waals surface area contributed by atoms with Crippen molar-refractivity contribution in [3.05, 3.63) is 39.1 Å². The summed E-state index contributed by atoms with van der Waals surface area (Å²) in [4.78, 5) is 0. The van der Waals surface area contributed by atoms with E-state index in [9.17, 15) is 0 Å². The minimum absolute atomic E-state index is 0. The van der Waals surface area contributed by atoms with Gasteiger partial charge in [0.15, 0.2) is 0 Å². The Kier molecular flexibility index (Phi) is 7.60. The molecule has 1 aliphatic rings. The maximum Gasteiger partial charge on any atom is 1.00 e. The third-order valence-electron chi connectivity index (χ3n) is 3.12. The zero-order chi connectivity index (χ0) is 11.5. The van der Waals surface area contributed by atoms with E-state index >= 15 is 0 Å². The zero-order valence-corrected chi connectivity index (χ0v) is 15.1. The Morgan fingerprint density at radius 3 is 2.35 bits per heavy atom. The maximum absolute atomic E-state index is 5.94. The Hall–Kier alpha value is 1.40. The summed E-state index contributed by atoms with van der Waals surface area (Å²) >= 11 is 11.9. The molecular formula is C13H16Cl2KN. The summed E-state index contributed by atoms with van der Waals surface area (Å²) in [6.45, 7) is 3.03. The van der Waals surface area contributed by atoms with E-state index in [-0.39, 0.29) is 51.4 Å². The Morgan fingerprint density at radius 1 is 1.18 bits per heavy atom. The van der Waals surface area contributed by atoms with Gasteiger partial charge in [-0.25, -0.2) is 0 Å². The van der Waals surface area contributed by atoms with Gasteiger partial charge >= 0.3 is 51.4 Å². The molecule has 1 saturated carbocycles. The average Bonchev–Trinajstić information content (AvgIpc) is 2.60. The second kappa shape index (κ2) is 7.86. The SMILES string of the molecule is CC1CCC([N-]Cc2cc(Cl)cc(Cl)c2)C1.[K+]. The van der Waals surface area contributed by atoms with Crippen LogP contribution in [0.1, 0.15) is 31.7 Å². The van der Waals surface area contributed by atoms with Gasteiger partial charge in [0.25, 0.3) is 0 Å². The molecule has 0 saturated heterocycles. The molecule has 0 aliphatic heterocycles. The van der Waals surface area contributed by atoms with Crippen LogP contribution in [0.2, 0.25) is 10.0 Å². The van der Waals surface area contributed by atoms with Crippen molar-refractivity contribution in [1.82, 2.24) is 0 Å². The number of hydrogen-bond donors (Lipinski definition) is 0. The van der Waals surface area contributed by atoms with Crippen molar-refractivity contribution in [2.75, 3.05) is 0 Å². The van der Waals surface area contributed by atoms with E-state index in [1.165, 1.54) is 19.3 Å². The Labute approximate surface area is 156 Å². The smallest absolute Gasteiger partial charge is 0.656 e. The van der Waals surface area contributed by atoms with Crippen molar-refractivity contribution in [3.8, 4) is 0 Å². The van der Waals surface area contributed by atoms with Crippen LogP contribution in [0.25, 0.3) is 5.32 Å². The molecule has 88 valence electrons. The quantitative estimate of drug-likeness (QED) is 0.758. The zero-order valence-electron chi connectivity index (χ0n) is 10.4. The van der Waals surface area contributed by atoms with Crippen LogP contribution in [0.3, 0.4) is 0 Å². The van der Waals surface area contributed by atoms with E-state index in [2.05, 4.69) is 6.92 Å². The Bertz CT molecular complexity index is 350. The predicted octanol–water partition coefficient (Wildman–Crippen LogP) is 2.06. The summed E-state index contributed by atoms with van der Waals surface area (Å²) in [5.74, 6) is 0.830. The summed E-state index contributed by atoms with van der Waals surface area (Å²) in [6.07, 6.45) is 3.77. The molecule has 0 aromatic heterocycles. The number of nitrogens with zero attached hydrogens (tertiary/aromatic N) is 1. The molecule has 1 aliphatic carbocycles. The van der Waals surface area contributed by atoms with Gasteiger partial charge in [-0.3, -0.25) is 0 Å². The van der Waals surface area contributed by atoms with Gasteiger partial charge in [0.05, 0.1) is 0 Å². The van der Waals surface area contributed by atoms with Gasteiger partial charge < -0.3 is 5.32 Å². The maximum atomic E-state index is 5.94. The predicted molar refractivity (Wildman–Crippen MR) is 70.3 cm³/mol. The molecule has 1 aromatic rings. The summed E-state index contributed by atoms with van der Waals surface area (Å²) in [6, 6.07) is 6.17. The Morgan fingerprint density at radius 2 is 1.82 bits per heavy atom. The molecule has 2 rings (SSSR count). The molecule has 0 bridgehead atoms. The fourth-order valence-corrected chi connectivity index (χ4v) is 2.85. The number of rotatable bonds is 3. The topological polar surface area (TPSA) is 14.1 Å². The fraction of sp³-hybridized carbons (Fsp3) is 0.538. The molecule has 0 radical (unpaired) electrons. The molecule has 2 atom stereocenters. The summed E-state index contributed by atoms with van der Waals surface area (Å²) in [5.41, 5.74) is 1.11. The van der Waals surface area contributed by atoms with E-state index in [1.807, 2.05) is 12.1 Å². The van der Waals surface area contributed by atoms with Gasteiger partial charge in [-0.2, -0.15) is 0 Å². The molecule has 1 aromatic carbocycles. The van der Waals surface area contributed by atoms with Crippen LogP contribution in [-0.2, 0) is 6.54 Å². The monoisotopic (exact) mass is 295 g/mol. The van der Waals surface area contributed by atoms with Gasteiger partial charge in [0, 0.05) is 10.0 Å². The molecule has 0 amide bonds. The third kappa shape index (κ3) is 5.49. The van der Waals surface area contributed by atoms with Crippen LogP contribution < -0.4 is 51.4 Å². The fourth-order valence-electron chi connectivity index (χ4n) is 2.28. The average molecular weight is 296 g/mol. The molecule has 1 fully saturated rings. The number of halogens is 2. The van der Waals surface area contributed by atoms with Crippen LogP contribution in [0, 0.1) is 5.92 Å². The first-order valence-electron chi connectivity index (χ1n) is 5.75. The van der Waals surface area contributed by atoms with Gasteiger partial charge in [-0.1, -0.05) is 55.0 Å². The largest absolute Gasteiger partial charge is 1.00 e. The van der Waals surface area contributed by atoms with Crippen LogP contribution in [0.5, 0.6) is 0 Å².